The summed E-state index contributed by atoms with van der Waals surface area (Å²) in [5.74, 6) is -0.158. The summed E-state index contributed by atoms with van der Waals surface area (Å²) in [6.07, 6.45) is 0. The van der Waals surface area contributed by atoms with Crippen LogP contribution in [0.2, 0.25) is 0 Å². The first-order valence-corrected chi connectivity index (χ1v) is 7.50. The Bertz CT molecular complexity index is 661. The molecule has 0 unspecified atom stereocenters. The molecule has 0 radical (unpaired) electrons. The van der Waals surface area contributed by atoms with E-state index in [0.29, 0.717) is 13.1 Å². The highest BCUT2D eigenvalue weighted by atomic mass is 19.1. The molecule has 3 nitrogen and oxygen atoms in total. The quantitative estimate of drug-likeness (QED) is 0.850. The normalized spacial score (nSPS) is 15.0. The number of anilines is 1. The van der Waals surface area contributed by atoms with Crippen molar-refractivity contribution in [2.45, 2.75) is 6.92 Å². The molecule has 0 saturated carbocycles. The van der Waals surface area contributed by atoms with E-state index in [2.05, 4.69) is 4.90 Å². The minimum atomic E-state index is -0.226. The summed E-state index contributed by atoms with van der Waals surface area (Å²) in [6.45, 7) is 4.76. The fourth-order valence-electron chi connectivity index (χ4n) is 2.72. The topological polar surface area (TPSA) is 23.6 Å². The van der Waals surface area contributed by atoms with Crippen LogP contribution in [0, 0.1) is 12.7 Å². The van der Waals surface area contributed by atoms with E-state index in [9.17, 15) is 9.18 Å². The molecule has 1 heterocycles. The Kier molecular flexibility index (Phi) is 4.09. The van der Waals surface area contributed by atoms with Crippen LogP contribution in [-0.2, 0) is 0 Å². The molecule has 1 saturated heterocycles. The lowest BCUT2D eigenvalue weighted by Crippen LogP contribution is -2.48. The number of benzene rings is 2. The Balaban J connectivity index is 1.64. The predicted molar refractivity (Wildman–Crippen MR) is 85.7 cm³/mol. The predicted octanol–water partition coefficient (Wildman–Crippen LogP) is 3.10. The average Bonchev–Trinajstić information content (AvgIpc) is 2.55. The van der Waals surface area contributed by atoms with Gasteiger partial charge in [-0.15, -0.1) is 0 Å². The molecule has 4 heteroatoms. The van der Waals surface area contributed by atoms with Crippen LogP contribution in [0.3, 0.4) is 0 Å². The van der Waals surface area contributed by atoms with Crippen LogP contribution in [0.25, 0.3) is 0 Å². The molecule has 0 N–H and O–H groups in total. The van der Waals surface area contributed by atoms with Crippen molar-refractivity contribution in [2.24, 2.45) is 0 Å². The molecule has 0 aromatic heterocycles. The summed E-state index contributed by atoms with van der Waals surface area (Å²) in [6, 6.07) is 14.3. The van der Waals surface area contributed by atoms with Crippen molar-refractivity contribution in [3.05, 3.63) is 65.5 Å². The second kappa shape index (κ2) is 6.18. The molecule has 1 aliphatic heterocycles. The van der Waals surface area contributed by atoms with Crippen LogP contribution in [-0.4, -0.2) is 37.0 Å². The maximum absolute atomic E-state index is 13.3. The fourth-order valence-corrected chi connectivity index (χ4v) is 2.72. The molecule has 22 heavy (non-hydrogen) atoms. The number of hydrogen-bond donors (Lipinski definition) is 0. The number of hydrogen-bond acceptors (Lipinski definition) is 2. The second-order valence-corrected chi connectivity index (χ2v) is 5.63. The van der Waals surface area contributed by atoms with E-state index >= 15 is 0 Å². The highest BCUT2D eigenvalue weighted by Crippen LogP contribution is 2.18. The van der Waals surface area contributed by atoms with Crippen molar-refractivity contribution < 1.29 is 9.18 Å². The number of piperazine rings is 1. The lowest BCUT2D eigenvalue weighted by molar-refractivity contribution is 0.0747. The average molecular weight is 298 g/mol. The Morgan fingerprint density at radius 1 is 1.00 bits per heavy atom. The summed E-state index contributed by atoms with van der Waals surface area (Å²) in [5.41, 5.74) is 2.75. The summed E-state index contributed by atoms with van der Waals surface area (Å²) in [7, 11) is 0. The zero-order valence-corrected chi connectivity index (χ0v) is 12.6. The third-order valence-electron chi connectivity index (χ3n) is 4.04. The highest BCUT2D eigenvalue weighted by molar-refractivity contribution is 5.94. The van der Waals surface area contributed by atoms with Gasteiger partial charge in [-0.1, -0.05) is 23.8 Å². The first-order valence-electron chi connectivity index (χ1n) is 7.50. The molecule has 2 aromatic rings. The molecule has 0 bridgehead atoms. The molecular formula is C18H19FN2O. The number of aryl methyl sites for hydroxylation is 1. The molecule has 0 spiro atoms. The third-order valence-corrected chi connectivity index (χ3v) is 4.04. The van der Waals surface area contributed by atoms with Crippen molar-refractivity contribution in [1.29, 1.82) is 0 Å². The molecule has 0 aliphatic carbocycles. The van der Waals surface area contributed by atoms with Crippen LogP contribution in [0.4, 0.5) is 10.1 Å². The lowest BCUT2D eigenvalue weighted by Gasteiger charge is -2.36. The standard InChI is InChI=1S/C18H19FN2O/c1-14-5-7-15(8-6-14)18(22)21-11-9-20(10-12-21)17-4-2-3-16(19)13-17/h2-8,13H,9-12H2,1H3. The number of amides is 1. The van der Waals surface area contributed by atoms with Crippen molar-refractivity contribution in [3.8, 4) is 0 Å². The van der Waals surface area contributed by atoms with Crippen LogP contribution < -0.4 is 4.90 Å². The van der Waals surface area contributed by atoms with Crippen molar-refractivity contribution in [3.63, 3.8) is 0 Å². The Morgan fingerprint density at radius 3 is 2.32 bits per heavy atom. The Hall–Kier alpha value is -2.36. The van der Waals surface area contributed by atoms with Crippen LogP contribution >= 0.6 is 0 Å². The van der Waals surface area contributed by atoms with E-state index in [1.807, 2.05) is 42.2 Å². The number of carbonyl (C=O) groups is 1. The molecule has 1 amide bonds. The summed E-state index contributed by atoms with van der Waals surface area (Å²) >= 11 is 0. The summed E-state index contributed by atoms with van der Waals surface area (Å²) in [5, 5.41) is 0. The van der Waals surface area contributed by atoms with Gasteiger partial charge in [-0.25, -0.2) is 4.39 Å². The Morgan fingerprint density at radius 2 is 1.68 bits per heavy atom. The largest absolute Gasteiger partial charge is 0.368 e. The zero-order chi connectivity index (χ0) is 15.5. The third kappa shape index (κ3) is 3.11. The molecule has 114 valence electrons. The van der Waals surface area contributed by atoms with Crippen molar-refractivity contribution in [2.75, 3.05) is 31.1 Å². The van der Waals surface area contributed by atoms with Gasteiger partial charge in [0.25, 0.3) is 5.91 Å². The van der Waals surface area contributed by atoms with Gasteiger partial charge in [0, 0.05) is 37.4 Å². The Labute approximate surface area is 130 Å². The fraction of sp³-hybridized carbons (Fsp3) is 0.278. The van der Waals surface area contributed by atoms with E-state index < -0.39 is 0 Å². The van der Waals surface area contributed by atoms with Gasteiger partial charge in [0.2, 0.25) is 0 Å². The van der Waals surface area contributed by atoms with Gasteiger partial charge in [0.05, 0.1) is 0 Å². The lowest BCUT2D eigenvalue weighted by atomic mass is 10.1. The van der Waals surface area contributed by atoms with Crippen molar-refractivity contribution >= 4 is 11.6 Å². The van der Waals surface area contributed by atoms with Gasteiger partial charge in [0.15, 0.2) is 0 Å². The molecule has 1 fully saturated rings. The first kappa shape index (κ1) is 14.6. The molecule has 2 aromatic carbocycles. The van der Waals surface area contributed by atoms with E-state index in [0.717, 1.165) is 29.9 Å². The van der Waals surface area contributed by atoms with Gasteiger partial charge in [-0.05, 0) is 37.3 Å². The first-order chi connectivity index (χ1) is 10.6. The van der Waals surface area contributed by atoms with E-state index in [-0.39, 0.29) is 11.7 Å². The number of carbonyl (C=O) groups excluding carboxylic acids is 1. The van der Waals surface area contributed by atoms with Gasteiger partial charge < -0.3 is 9.80 Å². The van der Waals surface area contributed by atoms with Crippen LogP contribution in [0.5, 0.6) is 0 Å². The monoisotopic (exact) mass is 298 g/mol. The number of rotatable bonds is 2. The SMILES string of the molecule is Cc1ccc(C(=O)N2CCN(c3cccc(F)c3)CC2)cc1. The minimum Gasteiger partial charge on any atom is -0.368 e. The zero-order valence-electron chi connectivity index (χ0n) is 12.6. The molecular weight excluding hydrogens is 279 g/mol. The van der Waals surface area contributed by atoms with Gasteiger partial charge in [0.1, 0.15) is 5.82 Å². The highest BCUT2D eigenvalue weighted by Gasteiger charge is 2.22. The number of nitrogens with zero attached hydrogens (tertiary/aromatic N) is 2. The number of halogens is 1. The minimum absolute atomic E-state index is 0.0684. The van der Waals surface area contributed by atoms with Crippen LogP contribution in [0.1, 0.15) is 15.9 Å². The summed E-state index contributed by atoms with van der Waals surface area (Å²) in [4.78, 5) is 16.4. The van der Waals surface area contributed by atoms with Crippen LogP contribution in [0.15, 0.2) is 48.5 Å². The van der Waals surface area contributed by atoms with Crippen molar-refractivity contribution in [1.82, 2.24) is 4.90 Å². The molecule has 0 atom stereocenters. The van der Waals surface area contributed by atoms with E-state index in [1.54, 1.807) is 6.07 Å². The van der Waals surface area contributed by atoms with E-state index in [4.69, 9.17) is 0 Å². The van der Waals surface area contributed by atoms with Gasteiger partial charge >= 0.3 is 0 Å². The maximum atomic E-state index is 13.3. The van der Waals surface area contributed by atoms with Gasteiger partial charge in [-0.3, -0.25) is 4.79 Å². The molecule has 1 aliphatic rings. The smallest absolute Gasteiger partial charge is 0.253 e. The summed E-state index contributed by atoms with van der Waals surface area (Å²) < 4.78 is 13.3. The molecule has 3 rings (SSSR count). The van der Waals surface area contributed by atoms with Gasteiger partial charge in [-0.2, -0.15) is 0 Å². The van der Waals surface area contributed by atoms with E-state index in [1.165, 1.54) is 12.1 Å². The second-order valence-electron chi connectivity index (χ2n) is 5.63. The maximum Gasteiger partial charge on any atom is 0.253 e.